The van der Waals surface area contributed by atoms with Crippen LogP contribution in [0.4, 0.5) is 5.69 Å². The number of hydrogen-bond acceptors (Lipinski definition) is 2. The van der Waals surface area contributed by atoms with Gasteiger partial charge >= 0.3 is 0 Å². The van der Waals surface area contributed by atoms with Gasteiger partial charge in [0.05, 0.1) is 13.2 Å². The molecule has 0 spiro atoms. The molecule has 18 heavy (non-hydrogen) atoms. The van der Waals surface area contributed by atoms with Crippen molar-refractivity contribution in [2.75, 3.05) is 18.5 Å². The zero-order chi connectivity index (χ0) is 12.6. The lowest BCUT2D eigenvalue weighted by Crippen LogP contribution is -2.09. The van der Waals surface area contributed by atoms with Gasteiger partial charge in [-0.2, -0.15) is 0 Å². The maximum absolute atomic E-state index is 6.04. The number of anilines is 1. The van der Waals surface area contributed by atoms with E-state index in [1.165, 1.54) is 0 Å². The van der Waals surface area contributed by atoms with Crippen molar-refractivity contribution >= 4 is 17.3 Å². The summed E-state index contributed by atoms with van der Waals surface area (Å²) in [5.74, 6) is 0. The summed E-state index contributed by atoms with van der Waals surface area (Å²) >= 11 is 6.04. The van der Waals surface area contributed by atoms with Crippen molar-refractivity contribution in [3.63, 3.8) is 0 Å². The van der Waals surface area contributed by atoms with Gasteiger partial charge in [0.25, 0.3) is 0 Å². The number of para-hydroxylation sites is 1. The Labute approximate surface area is 113 Å². The van der Waals surface area contributed by atoms with Gasteiger partial charge in [0.2, 0.25) is 0 Å². The molecule has 2 aromatic rings. The molecule has 0 unspecified atom stereocenters. The van der Waals surface area contributed by atoms with E-state index in [0.717, 1.165) is 22.8 Å². The number of rotatable bonds is 6. The monoisotopic (exact) mass is 261 g/mol. The second-order valence-electron chi connectivity index (χ2n) is 3.94. The van der Waals surface area contributed by atoms with Crippen LogP contribution in [0.1, 0.15) is 5.56 Å². The van der Waals surface area contributed by atoms with Crippen LogP contribution < -0.4 is 5.32 Å². The molecule has 0 saturated carbocycles. The van der Waals surface area contributed by atoms with Gasteiger partial charge in [0.1, 0.15) is 0 Å². The molecule has 3 heteroatoms. The quantitative estimate of drug-likeness (QED) is 0.795. The predicted molar refractivity (Wildman–Crippen MR) is 76.0 cm³/mol. The Hall–Kier alpha value is -1.51. The zero-order valence-electron chi connectivity index (χ0n) is 10.1. The number of benzene rings is 2. The fourth-order valence-corrected chi connectivity index (χ4v) is 1.81. The van der Waals surface area contributed by atoms with Crippen LogP contribution in [0.3, 0.4) is 0 Å². The molecule has 0 aliphatic heterocycles. The Morgan fingerprint density at radius 2 is 1.67 bits per heavy atom. The number of nitrogens with one attached hydrogen (secondary N) is 1. The van der Waals surface area contributed by atoms with Crippen LogP contribution in [-0.4, -0.2) is 13.2 Å². The van der Waals surface area contributed by atoms with Crippen molar-refractivity contribution in [1.82, 2.24) is 0 Å². The van der Waals surface area contributed by atoms with Crippen molar-refractivity contribution in [3.8, 4) is 0 Å². The van der Waals surface area contributed by atoms with Gasteiger partial charge in [0, 0.05) is 17.3 Å². The minimum atomic E-state index is 0.552. The molecule has 2 rings (SSSR count). The molecule has 0 bridgehead atoms. The molecule has 0 aliphatic rings. The second-order valence-corrected chi connectivity index (χ2v) is 4.34. The third-order valence-electron chi connectivity index (χ3n) is 2.56. The van der Waals surface area contributed by atoms with Gasteiger partial charge in [-0.3, -0.25) is 0 Å². The summed E-state index contributed by atoms with van der Waals surface area (Å²) in [5, 5.41) is 4.05. The highest BCUT2D eigenvalue weighted by molar-refractivity contribution is 6.31. The Balaban J connectivity index is 1.66. The van der Waals surface area contributed by atoms with E-state index >= 15 is 0 Å². The summed E-state index contributed by atoms with van der Waals surface area (Å²) in [6, 6.07) is 17.8. The summed E-state index contributed by atoms with van der Waals surface area (Å²) in [6.07, 6.45) is 0. The smallest absolute Gasteiger partial charge is 0.0732 e. The molecule has 0 heterocycles. The number of ether oxygens (including phenoxy) is 1. The van der Waals surface area contributed by atoms with E-state index in [1.807, 2.05) is 54.6 Å². The van der Waals surface area contributed by atoms with E-state index in [9.17, 15) is 0 Å². The maximum Gasteiger partial charge on any atom is 0.0732 e. The fraction of sp³-hybridized carbons (Fsp3) is 0.200. The van der Waals surface area contributed by atoms with E-state index in [-0.39, 0.29) is 0 Å². The summed E-state index contributed by atoms with van der Waals surface area (Å²) in [6.45, 7) is 1.99. The zero-order valence-corrected chi connectivity index (χ0v) is 10.9. The van der Waals surface area contributed by atoms with E-state index in [1.54, 1.807) is 0 Å². The van der Waals surface area contributed by atoms with E-state index < -0.39 is 0 Å². The first-order valence-corrected chi connectivity index (χ1v) is 6.34. The summed E-state index contributed by atoms with van der Waals surface area (Å²) < 4.78 is 5.58. The average molecular weight is 262 g/mol. The molecule has 2 nitrogen and oxygen atoms in total. The molecular weight excluding hydrogens is 246 g/mol. The first-order chi connectivity index (χ1) is 8.86. The van der Waals surface area contributed by atoms with Crippen molar-refractivity contribution in [2.24, 2.45) is 0 Å². The van der Waals surface area contributed by atoms with Gasteiger partial charge in [-0.05, 0) is 23.8 Å². The fourth-order valence-electron chi connectivity index (χ4n) is 1.62. The molecule has 2 aromatic carbocycles. The van der Waals surface area contributed by atoms with Crippen LogP contribution in [0.5, 0.6) is 0 Å². The van der Waals surface area contributed by atoms with Gasteiger partial charge in [-0.1, -0.05) is 48.0 Å². The molecule has 0 aliphatic carbocycles. The lowest BCUT2D eigenvalue weighted by atomic mass is 10.2. The van der Waals surface area contributed by atoms with Crippen molar-refractivity contribution < 1.29 is 4.74 Å². The van der Waals surface area contributed by atoms with Crippen LogP contribution in [-0.2, 0) is 11.3 Å². The Bertz CT molecular complexity index is 473. The summed E-state index contributed by atoms with van der Waals surface area (Å²) in [5.41, 5.74) is 2.14. The number of hydrogen-bond donors (Lipinski definition) is 1. The minimum absolute atomic E-state index is 0.552. The molecule has 0 fully saturated rings. The third kappa shape index (κ3) is 4.06. The van der Waals surface area contributed by atoms with Crippen LogP contribution in [0.25, 0.3) is 0 Å². The van der Waals surface area contributed by atoms with Gasteiger partial charge < -0.3 is 10.1 Å². The largest absolute Gasteiger partial charge is 0.383 e. The van der Waals surface area contributed by atoms with Crippen LogP contribution >= 0.6 is 11.6 Å². The molecular formula is C15H16ClNO. The Morgan fingerprint density at radius 3 is 2.44 bits per heavy atom. The Morgan fingerprint density at radius 1 is 0.944 bits per heavy atom. The Kier molecular flexibility index (Phi) is 5.06. The van der Waals surface area contributed by atoms with Gasteiger partial charge in [0.15, 0.2) is 0 Å². The standard InChI is InChI=1S/C15H16ClNO/c16-15-9-5-4-6-13(15)12-18-11-10-17-14-7-2-1-3-8-14/h1-9,17H,10-12H2. The molecule has 94 valence electrons. The molecule has 1 N–H and O–H groups in total. The SMILES string of the molecule is Clc1ccccc1COCCNc1ccccc1. The lowest BCUT2D eigenvalue weighted by Gasteiger charge is -2.08. The molecule has 0 saturated heterocycles. The minimum Gasteiger partial charge on any atom is -0.383 e. The highest BCUT2D eigenvalue weighted by Crippen LogP contribution is 2.15. The molecule has 0 atom stereocenters. The highest BCUT2D eigenvalue weighted by Gasteiger charge is 1.98. The van der Waals surface area contributed by atoms with Crippen molar-refractivity contribution in [2.45, 2.75) is 6.61 Å². The summed E-state index contributed by atoms with van der Waals surface area (Å²) in [7, 11) is 0. The van der Waals surface area contributed by atoms with E-state index in [0.29, 0.717) is 13.2 Å². The van der Waals surface area contributed by atoms with E-state index in [4.69, 9.17) is 16.3 Å². The molecule has 0 radical (unpaired) electrons. The van der Waals surface area contributed by atoms with Crippen molar-refractivity contribution in [1.29, 1.82) is 0 Å². The average Bonchev–Trinajstić information content (AvgIpc) is 2.42. The highest BCUT2D eigenvalue weighted by atomic mass is 35.5. The maximum atomic E-state index is 6.04. The second kappa shape index (κ2) is 7.04. The molecule has 0 amide bonds. The number of halogens is 1. The first kappa shape index (κ1) is 12.9. The normalized spacial score (nSPS) is 10.3. The lowest BCUT2D eigenvalue weighted by molar-refractivity contribution is 0.130. The third-order valence-corrected chi connectivity index (χ3v) is 2.93. The van der Waals surface area contributed by atoms with Crippen LogP contribution in [0.2, 0.25) is 5.02 Å². The first-order valence-electron chi connectivity index (χ1n) is 5.96. The van der Waals surface area contributed by atoms with Gasteiger partial charge in [-0.25, -0.2) is 0 Å². The van der Waals surface area contributed by atoms with Crippen LogP contribution in [0.15, 0.2) is 54.6 Å². The predicted octanol–water partition coefficient (Wildman–Crippen LogP) is 3.97. The van der Waals surface area contributed by atoms with Gasteiger partial charge in [-0.15, -0.1) is 0 Å². The van der Waals surface area contributed by atoms with Crippen LogP contribution in [0, 0.1) is 0 Å². The van der Waals surface area contributed by atoms with Crippen molar-refractivity contribution in [3.05, 3.63) is 65.2 Å². The van der Waals surface area contributed by atoms with E-state index in [2.05, 4.69) is 5.32 Å². The topological polar surface area (TPSA) is 21.3 Å². The summed E-state index contributed by atoms with van der Waals surface area (Å²) in [4.78, 5) is 0. The molecule has 0 aromatic heterocycles.